The van der Waals surface area contributed by atoms with Gasteiger partial charge in [-0.15, -0.1) is 0 Å². The lowest BCUT2D eigenvalue weighted by Gasteiger charge is -2.10. The highest BCUT2D eigenvalue weighted by Crippen LogP contribution is 2.19. The monoisotopic (exact) mass is 246 g/mol. The SMILES string of the molecule is COCCC(C)C(=O)c1ccc(F)c(F)c1F. The molecule has 5 heteroatoms. The minimum Gasteiger partial charge on any atom is -0.385 e. The van der Waals surface area contributed by atoms with Crippen LogP contribution in [0.1, 0.15) is 23.7 Å². The Hall–Kier alpha value is -1.36. The zero-order chi connectivity index (χ0) is 13.0. The molecule has 0 N–H and O–H groups in total. The van der Waals surface area contributed by atoms with E-state index in [4.69, 9.17) is 4.74 Å². The molecule has 1 rings (SSSR count). The van der Waals surface area contributed by atoms with Crippen LogP contribution in [0.5, 0.6) is 0 Å². The summed E-state index contributed by atoms with van der Waals surface area (Å²) in [6.45, 7) is 1.93. The highest BCUT2D eigenvalue weighted by molar-refractivity contribution is 5.97. The normalized spacial score (nSPS) is 12.5. The van der Waals surface area contributed by atoms with Crippen LogP contribution in [0, 0.1) is 23.4 Å². The zero-order valence-electron chi connectivity index (χ0n) is 9.60. The molecule has 0 aliphatic rings. The van der Waals surface area contributed by atoms with Crippen LogP contribution in [0.15, 0.2) is 12.1 Å². The minimum atomic E-state index is -1.62. The Morgan fingerprint density at radius 1 is 1.29 bits per heavy atom. The molecule has 2 nitrogen and oxygen atoms in total. The van der Waals surface area contributed by atoms with Crippen LogP contribution in [0.4, 0.5) is 13.2 Å². The van der Waals surface area contributed by atoms with Gasteiger partial charge in [-0.2, -0.15) is 0 Å². The molecule has 0 aliphatic carbocycles. The first-order chi connectivity index (χ1) is 7.99. The van der Waals surface area contributed by atoms with E-state index in [9.17, 15) is 18.0 Å². The van der Waals surface area contributed by atoms with Crippen molar-refractivity contribution in [1.29, 1.82) is 0 Å². The van der Waals surface area contributed by atoms with Crippen molar-refractivity contribution in [2.75, 3.05) is 13.7 Å². The summed E-state index contributed by atoms with van der Waals surface area (Å²) >= 11 is 0. The second-order valence-electron chi connectivity index (χ2n) is 3.77. The summed E-state index contributed by atoms with van der Waals surface area (Å²) in [4.78, 5) is 11.8. The van der Waals surface area contributed by atoms with Gasteiger partial charge in [-0.05, 0) is 18.6 Å². The predicted octanol–water partition coefficient (Wildman–Crippen LogP) is 2.96. The molecule has 0 saturated carbocycles. The third kappa shape index (κ3) is 3.06. The maximum absolute atomic E-state index is 13.3. The van der Waals surface area contributed by atoms with Gasteiger partial charge < -0.3 is 4.74 Å². The summed E-state index contributed by atoms with van der Waals surface area (Å²) in [7, 11) is 1.48. The number of carbonyl (C=O) groups is 1. The van der Waals surface area contributed by atoms with Crippen molar-refractivity contribution in [3.8, 4) is 0 Å². The molecule has 1 aromatic rings. The van der Waals surface area contributed by atoms with Crippen molar-refractivity contribution in [1.82, 2.24) is 0 Å². The lowest BCUT2D eigenvalue weighted by atomic mass is 9.96. The first kappa shape index (κ1) is 13.7. The standard InChI is InChI=1S/C12H13F3O2/c1-7(5-6-17-2)12(16)8-3-4-9(13)11(15)10(8)14/h3-4,7H,5-6H2,1-2H3. The molecule has 1 atom stereocenters. The van der Waals surface area contributed by atoms with E-state index in [0.717, 1.165) is 12.1 Å². The van der Waals surface area contributed by atoms with Crippen molar-refractivity contribution >= 4 is 5.78 Å². The van der Waals surface area contributed by atoms with Gasteiger partial charge in [0.05, 0.1) is 5.56 Å². The molecule has 1 aromatic carbocycles. The molecule has 0 heterocycles. The van der Waals surface area contributed by atoms with Crippen molar-refractivity contribution in [2.24, 2.45) is 5.92 Å². The van der Waals surface area contributed by atoms with Crippen LogP contribution in [-0.4, -0.2) is 19.5 Å². The molecule has 0 amide bonds. The largest absolute Gasteiger partial charge is 0.385 e. The molecular weight excluding hydrogens is 233 g/mol. The summed E-state index contributed by atoms with van der Waals surface area (Å²) in [6.07, 6.45) is 0.397. The second kappa shape index (κ2) is 5.82. The van der Waals surface area contributed by atoms with Crippen LogP contribution >= 0.6 is 0 Å². The smallest absolute Gasteiger partial charge is 0.195 e. The van der Waals surface area contributed by atoms with E-state index in [1.54, 1.807) is 6.92 Å². The van der Waals surface area contributed by atoms with Crippen LogP contribution in [0.3, 0.4) is 0 Å². The second-order valence-corrected chi connectivity index (χ2v) is 3.77. The van der Waals surface area contributed by atoms with Gasteiger partial charge >= 0.3 is 0 Å². The maximum atomic E-state index is 13.3. The van der Waals surface area contributed by atoms with E-state index in [2.05, 4.69) is 0 Å². The fraction of sp³-hybridized carbons (Fsp3) is 0.417. The van der Waals surface area contributed by atoms with E-state index in [0.29, 0.717) is 13.0 Å². The van der Waals surface area contributed by atoms with Gasteiger partial charge in [0.15, 0.2) is 23.2 Å². The molecule has 0 aromatic heterocycles. The van der Waals surface area contributed by atoms with Crippen LogP contribution in [0.2, 0.25) is 0 Å². The molecule has 1 unspecified atom stereocenters. The number of Topliss-reactive ketones (excluding diaryl/α,β-unsaturated/α-hetero) is 1. The van der Waals surface area contributed by atoms with Gasteiger partial charge in [0.1, 0.15) is 0 Å². The van der Waals surface area contributed by atoms with Crippen LogP contribution < -0.4 is 0 Å². The first-order valence-corrected chi connectivity index (χ1v) is 5.15. The Morgan fingerprint density at radius 3 is 2.53 bits per heavy atom. The molecule has 0 radical (unpaired) electrons. The van der Waals surface area contributed by atoms with Crippen molar-refractivity contribution in [2.45, 2.75) is 13.3 Å². The average molecular weight is 246 g/mol. The minimum absolute atomic E-state index is 0.345. The molecule has 17 heavy (non-hydrogen) atoms. The zero-order valence-corrected chi connectivity index (χ0v) is 9.60. The number of benzene rings is 1. The number of hydrogen-bond acceptors (Lipinski definition) is 2. The quantitative estimate of drug-likeness (QED) is 0.589. The Morgan fingerprint density at radius 2 is 1.94 bits per heavy atom. The molecular formula is C12H13F3O2. The summed E-state index contributed by atoms with van der Waals surface area (Å²) in [5, 5.41) is 0. The third-order valence-corrected chi connectivity index (χ3v) is 2.50. The number of ether oxygens (including phenoxy) is 1. The Bertz CT molecular complexity index is 418. The topological polar surface area (TPSA) is 26.3 Å². The van der Waals surface area contributed by atoms with Gasteiger partial charge in [-0.1, -0.05) is 6.92 Å². The number of rotatable bonds is 5. The van der Waals surface area contributed by atoms with E-state index < -0.39 is 34.7 Å². The predicted molar refractivity (Wildman–Crippen MR) is 56.3 cm³/mol. The summed E-state index contributed by atoms with van der Waals surface area (Å²) < 4.78 is 43.7. The van der Waals surface area contributed by atoms with E-state index in [1.807, 2.05) is 0 Å². The number of ketones is 1. The molecule has 0 saturated heterocycles. The number of methoxy groups -OCH3 is 1. The van der Waals surface area contributed by atoms with Gasteiger partial charge in [0.2, 0.25) is 0 Å². The van der Waals surface area contributed by atoms with E-state index >= 15 is 0 Å². The Kier molecular flexibility index (Phi) is 4.69. The van der Waals surface area contributed by atoms with Crippen molar-refractivity contribution in [3.63, 3.8) is 0 Å². The molecule has 94 valence electrons. The van der Waals surface area contributed by atoms with E-state index in [1.165, 1.54) is 7.11 Å². The van der Waals surface area contributed by atoms with Crippen LogP contribution in [-0.2, 0) is 4.74 Å². The fourth-order valence-electron chi connectivity index (χ4n) is 1.41. The number of halogens is 3. The molecule has 0 spiro atoms. The highest BCUT2D eigenvalue weighted by atomic mass is 19.2. The number of hydrogen-bond donors (Lipinski definition) is 0. The van der Waals surface area contributed by atoms with Gasteiger partial charge in [0, 0.05) is 19.6 Å². The van der Waals surface area contributed by atoms with Gasteiger partial charge in [0.25, 0.3) is 0 Å². The van der Waals surface area contributed by atoms with Crippen molar-refractivity contribution in [3.05, 3.63) is 35.1 Å². The summed E-state index contributed by atoms with van der Waals surface area (Å²) in [5.41, 5.74) is -0.424. The Labute approximate surface area is 97.4 Å². The van der Waals surface area contributed by atoms with Crippen LogP contribution in [0.25, 0.3) is 0 Å². The fourth-order valence-corrected chi connectivity index (χ4v) is 1.41. The lowest BCUT2D eigenvalue weighted by molar-refractivity contribution is 0.0888. The summed E-state index contributed by atoms with van der Waals surface area (Å²) in [5.74, 6) is -5.41. The Balaban J connectivity index is 2.93. The van der Waals surface area contributed by atoms with Gasteiger partial charge in [-0.3, -0.25) is 4.79 Å². The first-order valence-electron chi connectivity index (χ1n) is 5.15. The lowest BCUT2D eigenvalue weighted by Crippen LogP contribution is -2.16. The molecule has 0 fully saturated rings. The van der Waals surface area contributed by atoms with E-state index in [-0.39, 0.29) is 0 Å². The molecule has 0 bridgehead atoms. The highest BCUT2D eigenvalue weighted by Gasteiger charge is 2.22. The third-order valence-electron chi connectivity index (χ3n) is 2.50. The maximum Gasteiger partial charge on any atom is 0.195 e. The van der Waals surface area contributed by atoms with Gasteiger partial charge in [-0.25, -0.2) is 13.2 Å². The summed E-state index contributed by atoms with van der Waals surface area (Å²) in [6, 6.07) is 1.70. The molecule has 0 aliphatic heterocycles. The number of carbonyl (C=O) groups excluding carboxylic acids is 1. The average Bonchev–Trinajstić information content (AvgIpc) is 2.32. The van der Waals surface area contributed by atoms with Crippen molar-refractivity contribution < 1.29 is 22.7 Å².